The van der Waals surface area contributed by atoms with Crippen molar-refractivity contribution in [1.82, 2.24) is 14.7 Å². The summed E-state index contributed by atoms with van der Waals surface area (Å²) < 4.78 is 90.1. The third kappa shape index (κ3) is 10.3. The fourth-order valence-electron chi connectivity index (χ4n) is 8.54. The van der Waals surface area contributed by atoms with E-state index in [1.165, 1.54) is 6.07 Å². The molecule has 2 N–H and O–H groups in total. The summed E-state index contributed by atoms with van der Waals surface area (Å²) in [6.07, 6.45) is -6.10. The minimum Gasteiger partial charge on any atom is -0.378 e. The van der Waals surface area contributed by atoms with Gasteiger partial charge in [0.05, 0.1) is 48.0 Å². The van der Waals surface area contributed by atoms with Crippen LogP contribution in [0.25, 0.3) is 0 Å². The Morgan fingerprint density at radius 2 is 1.70 bits per heavy atom. The molecule has 324 valence electrons. The molecule has 19 heteroatoms. The molecule has 2 amide bonds. The molecule has 2 aromatic carbocycles. The van der Waals surface area contributed by atoms with Crippen molar-refractivity contribution in [3.8, 4) is 6.07 Å². The van der Waals surface area contributed by atoms with Gasteiger partial charge in [-0.15, -0.1) is 0 Å². The van der Waals surface area contributed by atoms with Gasteiger partial charge in [0.1, 0.15) is 17.4 Å². The van der Waals surface area contributed by atoms with Crippen molar-refractivity contribution in [3.63, 3.8) is 0 Å². The largest absolute Gasteiger partial charge is 0.417 e. The van der Waals surface area contributed by atoms with Crippen LogP contribution in [0.3, 0.4) is 0 Å². The number of anilines is 3. The van der Waals surface area contributed by atoms with Crippen molar-refractivity contribution in [2.45, 2.75) is 107 Å². The molecule has 2 aliphatic heterocycles. The van der Waals surface area contributed by atoms with Gasteiger partial charge in [-0.2, -0.15) is 31.6 Å². The molecule has 0 spiro atoms. The van der Waals surface area contributed by atoms with E-state index in [1.54, 1.807) is 54.0 Å². The Hall–Kier alpha value is -4.64. The normalized spacial score (nSPS) is 24.4. The molecule has 4 aliphatic rings. The van der Waals surface area contributed by atoms with Gasteiger partial charge in [-0.1, -0.05) is 6.07 Å². The van der Waals surface area contributed by atoms with Crippen molar-refractivity contribution in [2.75, 3.05) is 54.9 Å². The number of ketones is 2. The fraction of sp³-hybridized carbons (Fsp3) is 0.561. The Morgan fingerprint density at radius 1 is 0.983 bits per heavy atom. The van der Waals surface area contributed by atoms with Gasteiger partial charge < -0.3 is 25.2 Å². The van der Waals surface area contributed by atoms with Gasteiger partial charge in [-0.05, 0) is 101 Å². The van der Waals surface area contributed by atoms with Crippen LogP contribution in [0.5, 0.6) is 0 Å². The zero-order chi connectivity index (χ0) is 43.6. The second-order valence-electron chi connectivity index (χ2n) is 16.2. The van der Waals surface area contributed by atoms with Gasteiger partial charge >= 0.3 is 12.4 Å². The second kappa shape index (κ2) is 18.1. The highest BCUT2D eigenvalue weighted by molar-refractivity contribution is 7.80. The molecule has 6 rings (SSSR count). The molecule has 2 saturated carbocycles. The van der Waals surface area contributed by atoms with E-state index >= 15 is 0 Å². The Kier molecular flexibility index (Phi) is 13.6. The third-order valence-corrected chi connectivity index (χ3v) is 12.0. The summed E-state index contributed by atoms with van der Waals surface area (Å²) in [7, 11) is 0. The predicted octanol–water partition coefficient (Wildman–Crippen LogP) is 6.30. The smallest absolute Gasteiger partial charge is 0.378 e. The van der Waals surface area contributed by atoms with Crippen LogP contribution in [-0.2, 0) is 30.1 Å². The number of hydrogen-bond acceptors (Lipinski definition) is 10. The molecule has 2 heterocycles. The lowest BCUT2D eigenvalue weighted by molar-refractivity contribution is -0.197. The molecule has 1 unspecified atom stereocenters. The predicted molar refractivity (Wildman–Crippen MR) is 213 cm³/mol. The molecule has 60 heavy (non-hydrogen) atoms. The van der Waals surface area contributed by atoms with E-state index in [-0.39, 0.29) is 54.0 Å². The highest BCUT2D eigenvalue weighted by Crippen LogP contribution is 2.41. The summed E-state index contributed by atoms with van der Waals surface area (Å²) in [5, 5.41) is 15.0. The maximum atomic E-state index is 14.3. The van der Waals surface area contributed by atoms with Gasteiger partial charge in [-0.25, -0.2) is 0 Å². The van der Waals surface area contributed by atoms with Crippen molar-refractivity contribution in [2.24, 2.45) is 0 Å². The van der Waals surface area contributed by atoms with Crippen molar-refractivity contribution < 1.29 is 50.3 Å². The number of hydrogen-bond donors (Lipinski definition) is 2. The van der Waals surface area contributed by atoms with E-state index in [4.69, 9.17) is 17.0 Å². The quantitative estimate of drug-likeness (QED) is 0.108. The summed E-state index contributed by atoms with van der Waals surface area (Å²) in [5.74, 6) is -1.41. The lowest BCUT2D eigenvalue weighted by atomic mass is 9.89. The monoisotopic (exact) mass is 863 g/mol. The Labute approximate surface area is 349 Å². The molecule has 12 nitrogen and oxygen atoms in total. The van der Waals surface area contributed by atoms with Gasteiger partial charge in [0.25, 0.3) is 5.91 Å². The number of alkyl halides is 6. The Bertz CT molecular complexity index is 2020. The first kappa shape index (κ1) is 44.9. The first-order valence-corrected chi connectivity index (χ1v) is 20.3. The van der Waals surface area contributed by atoms with Crippen molar-refractivity contribution in [1.29, 1.82) is 5.26 Å². The molecule has 2 aromatic rings. The average molecular weight is 864 g/mol. The van der Waals surface area contributed by atoms with Crippen LogP contribution >= 0.6 is 12.2 Å². The number of Topliss-reactive ketones (excluding diaryl/α,β-unsaturated/α-hetero) is 2. The molecule has 0 radical (unpaired) electrons. The first-order chi connectivity index (χ1) is 28.3. The van der Waals surface area contributed by atoms with Crippen LogP contribution in [0.2, 0.25) is 0 Å². The molecule has 0 bridgehead atoms. The average Bonchev–Trinajstić information content (AvgIpc) is 3.36. The lowest BCUT2D eigenvalue weighted by Crippen LogP contribution is -2.60. The minimum atomic E-state index is -4.81. The van der Waals surface area contributed by atoms with Crippen LogP contribution in [0.1, 0.15) is 76.3 Å². The van der Waals surface area contributed by atoms with Crippen LogP contribution in [0.4, 0.5) is 43.4 Å². The summed E-state index contributed by atoms with van der Waals surface area (Å²) in [4.78, 5) is 56.0. The highest BCUT2D eigenvalue weighted by atomic mass is 32.1. The maximum Gasteiger partial charge on any atom is 0.417 e. The summed E-state index contributed by atoms with van der Waals surface area (Å²) in [5.41, 5.74) is -2.03. The minimum absolute atomic E-state index is 0.0237. The molecule has 2 aliphatic carbocycles. The van der Waals surface area contributed by atoms with E-state index in [1.807, 2.05) is 0 Å². The number of piperazine rings is 1. The number of nitriles is 1. The van der Waals surface area contributed by atoms with Gasteiger partial charge in [0.2, 0.25) is 5.91 Å². The number of halogens is 6. The number of ether oxygens (including phenoxy) is 1. The Balaban J connectivity index is 0.946. The number of carbonyl (C=O) groups is 4. The van der Waals surface area contributed by atoms with Crippen LogP contribution in [0.15, 0.2) is 42.5 Å². The SMILES string of the molecule is CC1(C)C(=O)N(c2ccc(C#N)c(C(F)(F)F)c2)C(=S)N1C1CCC(OCCCN2CCN(CC(=O)Nc3cccc(NC4CCC(=O)CC4=O)c3)[C@@H](C(F)(F)F)C2)CC1. The van der Waals surface area contributed by atoms with Gasteiger partial charge in [-0.3, -0.25) is 29.0 Å². The Morgan fingerprint density at radius 3 is 2.37 bits per heavy atom. The second-order valence-corrected chi connectivity index (χ2v) is 16.6. The van der Waals surface area contributed by atoms with E-state index in [2.05, 4.69) is 10.6 Å². The number of carbonyl (C=O) groups excluding carboxylic acids is 4. The molecule has 4 fully saturated rings. The molecular weight excluding hydrogens is 817 g/mol. The fourth-order valence-corrected chi connectivity index (χ4v) is 9.11. The number of benzene rings is 2. The number of amides is 2. The number of thiocarbonyl (C=S) groups is 1. The lowest BCUT2D eigenvalue weighted by Gasteiger charge is -2.42. The summed E-state index contributed by atoms with van der Waals surface area (Å²) >= 11 is 5.68. The summed E-state index contributed by atoms with van der Waals surface area (Å²) in [6.45, 7) is 3.59. The van der Waals surface area contributed by atoms with Crippen LogP contribution in [0, 0.1) is 11.3 Å². The standard InChI is InChI=1S/C41H47F6N7O5S/c1-39(2)37(58)53(29-8-7-25(22-48)32(20-29)40(42,43)44)38(60)54(39)28-9-12-31(13-10-28)59-18-4-15-51-16-17-52(35(23-51)41(45,46)47)24-36(57)50-27-6-3-5-26(19-27)49-33-14-11-30(55)21-34(33)56/h3,5-8,19-20,28,31,33,35,49H,4,9-18,21,23-24H2,1-2H3,(H,50,57)/t28?,31?,33?,35-/m1/s1. The van der Waals surface area contributed by atoms with E-state index in [0.29, 0.717) is 76.0 Å². The van der Waals surface area contributed by atoms with Crippen molar-refractivity contribution in [3.05, 3.63) is 53.6 Å². The molecular formula is C41H47F6N7O5S. The topological polar surface area (TPSA) is 138 Å². The number of nitrogens with zero attached hydrogens (tertiary/aromatic N) is 5. The van der Waals surface area contributed by atoms with E-state index in [0.717, 1.165) is 21.9 Å². The van der Waals surface area contributed by atoms with Gasteiger partial charge in [0.15, 0.2) is 10.9 Å². The molecule has 0 aromatic heterocycles. The van der Waals surface area contributed by atoms with Gasteiger partial charge in [0, 0.05) is 56.6 Å². The first-order valence-electron chi connectivity index (χ1n) is 19.9. The van der Waals surface area contributed by atoms with E-state index < -0.39 is 59.5 Å². The summed E-state index contributed by atoms with van der Waals surface area (Å²) in [6, 6.07) is 8.58. The number of nitrogens with one attached hydrogen (secondary N) is 2. The highest BCUT2D eigenvalue weighted by Gasteiger charge is 2.53. The molecule has 2 saturated heterocycles. The zero-order valence-corrected chi connectivity index (χ0v) is 34.0. The number of rotatable bonds is 12. The van der Waals surface area contributed by atoms with Crippen LogP contribution < -0.4 is 15.5 Å². The van der Waals surface area contributed by atoms with Crippen LogP contribution in [-0.4, -0.2) is 118 Å². The maximum absolute atomic E-state index is 14.3. The molecule has 2 atom stereocenters. The zero-order valence-electron chi connectivity index (χ0n) is 33.2. The van der Waals surface area contributed by atoms with Crippen molar-refractivity contribution >= 4 is 57.8 Å². The third-order valence-electron chi connectivity index (χ3n) is 11.7. The van der Waals surface area contributed by atoms with E-state index in [9.17, 15) is 50.8 Å².